The second kappa shape index (κ2) is 10.9. The third-order valence-corrected chi connectivity index (χ3v) is 4.48. The van der Waals surface area contributed by atoms with Crippen molar-refractivity contribution in [2.45, 2.75) is 71.1 Å². The first-order valence-corrected chi connectivity index (χ1v) is 8.34. The highest BCUT2D eigenvalue weighted by Crippen LogP contribution is 2.27. The monoisotopic (exact) mass is 314 g/mol. The topological polar surface area (TPSA) is 26.3 Å². The van der Waals surface area contributed by atoms with Crippen LogP contribution in [-0.2, 0) is 9.53 Å². The molecule has 2 nitrogen and oxygen atoms in total. The van der Waals surface area contributed by atoms with Crippen molar-refractivity contribution in [3.05, 3.63) is 23.8 Å². The van der Waals surface area contributed by atoms with Crippen LogP contribution in [0.1, 0.15) is 66.2 Å². The van der Waals surface area contributed by atoms with Gasteiger partial charge >= 0.3 is 5.97 Å². The Morgan fingerprint density at radius 1 is 1.38 bits per heavy atom. The lowest BCUT2D eigenvalue weighted by atomic mass is 9.92. The standard InChI is InChI=1S/C18H31ClO2/c1-6-16(12-9-13-18(4,19)7-2)11-8-10-15(3)14-17(20)21-5/h8,10,14,16H,6-7,9,11-13H2,1-5H3/b10-8+,15-14+. The summed E-state index contributed by atoms with van der Waals surface area (Å²) < 4.78 is 4.60. The first kappa shape index (κ1) is 20.2. The van der Waals surface area contributed by atoms with Crippen molar-refractivity contribution in [3.8, 4) is 0 Å². The molecule has 0 spiro atoms. The molecule has 21 heavy (non-hydrogen) atoms. The lowest BCUT2D eigenvalue weighted by Gasteiger charge is -2.21. The Kier molecular flexibility index (Phi) is 10.5. The van der Waals surface area contributed by atoms with E-state index in [0.29, 0.717) is 5.92 Å². The van der Waals surface area contributed by atoms with E-state index in [2.05, 4.69) is 31.6 Å². The number of alkyl halides is 1. The van der Waals surface area contributed by atoms with E-state index in [1.807, 2.05) is 13.0 Å². The quantitative estimate of drug-likeness (QED) is 0.225. The zero-order valence-electron chi connectivity index (χ0n) is 14.2. The molecule has 122 valence electrons. The van der Waals surface area contributed by atoms with Crippen molar-refractivity contribution in [3.63, 3.8) is 0 Å². The first-order valence-electron chi connectivity index (χ1n) is 7.96. The Balaban J connectivity index is 4.16. The number of carbonyl (C=O) groups excluding carboxylic acids is 1. The normalized spacial score (nSPS) is 16.8. The number of rotatable bonds is 10. The fourth-order valence-corrected chi connectivity index (χ4v) is 2.30. The summed E-state index contributed by atoms with van der Waals surface area (Å²) in [4.78, 5) is 11.0. The number of halogens is 1. The molecule has 2 atom stereocenters. The molecule has 2 unspecified atom stereocenters. The summed E-state index contributed by atoms with van der Waals surface area (Å²) >= 11 is 6.39. The number of hydrogen-bond acceptors (Lipinski definition) is 2. The summed E-state index contributed by atoms with van der Waals surface area (Å²) in [5.41, 5.74) is 0.927. The Morgan fingerprint density at radius 3 is 2.57 bits per heavy atom. The van der Waals surface area contributed by atoms with Gasteiger partial charge in [0.25, 0.3) is 0 Å². The third kappa shape index (κ3) is 10.6. The summed E-state index contributed by atoms with van der Waals surface area (Å²) in [7, 11) is 1.39. The smallest absolute Gasteiger partial charge is 0.330 e. The van der Waals surface area contributed by atoms with Gasteiger partial charge in [0.1, 0.15) is 0 Å². The van der Waals surface area contributed by atoms with Gasteiger partial charge < -0.3 is 4.74 Å². The van der Waals surface area contributed by atoms with E-state index in [1.54, 1.807) is 0 Å². The van der Waals surface area contributed by atoms with Gasteiger partial charge in [-0.15, -0.1) is 11.6 Å². The van der Waals surface area contributed by atoms with Crippen molar-refractivity contribution in [1.82, 2.24) is 0 Å². The molecule has 0 saturated carbocycles. The van der Waals surface area contributed by atoms with Gasteiger partial charge in [0.15, 0.2) is 0 Å². The number of esters is 1. The van der Waals surface area contributed by atoms with Crippen LogP contribution in [-0.4, -0.2) is 18.0 Å². The average molecular weight is 315 g/mol. The van der Waals surface area contributed by atoms with Gasteiger partial charge in [0, 0.05) is 11.0 Å². The molecule has 0 rings (SSSR count). The molecule has 0 aromatic rings. The maximum absolute atomic E-state index is 11.1. The van der Waals surface area contributed by atoms with Crippen LogP contribution in [0.4, 0.5) is 0 Å². The molecule has 0 radical (unpaired) electrons. The van der Waals surface area contributed by atoms with Crippen LogP contribution in [0.3, 0.4) is 0 Å². The molecule has 0 bridgehead atoms. The van der Waals surface area contributed by atoms with Gasteiger partial charge in [0.05, 0.1) is 7.11 Å². The zero-order chi connectivity index (χ0) is 16.3. The largest absolute Gasteiger partial charge is 0.466 e. The molecule has 0 N–H and O–H groups in total. The highest BCUT2D eigenvalue weighted by Gasteiger charge is 2.17. The Labute approximate surface area is 135 Å². The molecular weight excluding hydrogens is 284 g/mol. The first-order chi connectivity index (χ1) is 9.84. The van der Waals surface area contributed by atoms with Gasteiger partial charge in [-0.25, -0.2) is 4.79 Å². The second-order valence-corrected chi connectivity index (χ2v) is 6.90. The summed E-state index contributed by atoms with van der Waals surface area (Å²) in [6.07, 6.45) is 12.4. The minimum Gasteiger partial charge on any atom is -0.466 e. The Morgan fingerprint density at radius 2 is 2.05 bits per heavy atom. The number of ether oxygens (including phenoxy) is 1. The van der Waals surface area contributed by atoms with Crippen molar-refractivity contribution in [2.24, 2.45) is 5.92 Å². The van der Waals surface area contributed by atoms with Crippen LogP contribution in [0.25, 0.3) is 0 Å². The van der Waals surface area contributed by atoms with E-state index in [1.165, 1.54) is 32.4 Å². The highest BCUT2D eigenvalue weighted by molar-refractivity contribution is 6.23. The van der Waals surface area contributed by atoms with Gasteiger partial charge in [0.2, 0.25) is 0 Å². The lowest BCUT2D eigenvalue weighted by Crippen LogP contribution is -2.14. The Bertz CT molecular complexity index is 356. The molecule has 0 aliphatic rings. The van der Waals surface area contributed by atoms with Crippen molar-refractivity contribution in [1.29, 1.82) is 0 Å². The van der Waals surface area contributed by atoms with Gasteiger partial charge in [-0.2, -0.15) is 0 Å². The fourth-order valence-electron chi connectivity index (χ4n) is 2.16. The molecule has 0 heterocycles. The SMILES string of the molecule is CCC(C/C=C/C(C)=C/C(=O)OC)CCCC(C)(Cl)CC. The van der Waals surface area contributed by atoms with Gasteiger partial charge in [-0.3, -0.25) is 0 Å². The molecule has 0 amide bonds. The van der Waals surface area contributed by atoms with Gasteiger partial charge in [-0.1, -0.05) is 45.3 Å². The van der Waals surface area contributed by atoms with Gasteiger partial charge in [-0.05, 0) is 44.6 Å². The predicted octanol–water partition coefficient (Wildman–Crippen LogP) is 5.66. The van der Waals surface area contributed by atoms with Crippen LogP contribution in [0.15, 0.2) is 23.8 Å². The van der Waals surface area contributed by atoms with E-state index >= 15 is 0 Å². The maximum Gasteiger partial charge on any atom is 0.330 e. The summed E-state index contributed by atoms with van der Waals surface area (Å²) in [5.74, 6) is 0.390. The fraction of sp³-hybridized carbons (Fsp3) is 0.722. The molecule has 0 aliphatic carbocycles. The van der Waals surface area contributed by atoms with Crippen LogP contribution >= 0.6 is 11.6 Å². The molecule has 0 aromatic carbocycles. The third-order valence-electron chi connectivity index (χ3n) is 4.02. The van der Waals surface area contributed by atoms with Crippen LogP contribution in [0.2, 0.25) is 0 Å². The molecule has 3 heteroatoms. The number of carbonyl (C=O) groups is 1. The molecule has 0 fully saturated rings. The average Bonchev–Trinajstić information content (AvgIpc) is 2.45. The zero-order valence-corrected chi connectivity index (χ0v) is 15.0. The number of methoxy groups -OCH3 is 1. The molecular formula is C18H31ClO2. The van der Waals surface area contributed by atoms with Crippen LogP contribution < -0.4 is 0 Å². The highest BCUT2D eigenvalue weighted by atomic mass is 35.5. The minimum absolute atomic E-state index is 0.0476. The van der Waals surface area contributed by atoms with E-state index < -0.39 is 0 Å². The van der Waals surface area contributed by atoms with E-state index in [4.69, 9.17) is 11.6 Å². The van der Waals surface area contributed by atoms with Crippen LogP contribution in [0.5, 0.6) is 0 Å². The number of hydrogen-bond donors (Lipinski definition) is 0. The van der Waals surface area contributed by atoms with E-state index in [9.17, 15) is 4.79 Å². The molecule has 0 saturated heterocycles. The van der Waals surface area contributed by atoms with E-state index in [0.717, 1.165) is 24.8 Å². The van der Waals surface area contributed by atoms with Crippen molar-refractivity contribution < 1.29 is 9.53 Å². The second-order valence-electron chi connectivity index (χ2n) is 5.98. The number of allylic oxidation sites excluding steroid dienone is 3. The van der Waals surface area contributed by atoms with E-state index in [-0.39, 0.29) is 10.8 Å². The summed E-state index contributed by atoms with van der Waals surface area (Å²) in [6.45, 7) is 8.41. The molecule has 0 aliphatic heterocycles. The molecule has 0 aromatic heterocycles. The van der Waals surface area contributed by atoms with Crippen molar-refractivity contribution in [2.75, 3.05) is 7.11 Å². The Hall–Kier alpha value is -0.760. The summed E-state index contributed by atoms with van der Waals surface area (Å²) in [6, 6.07) is 0. The maximum atomic E-state index is 11.1. The predicted molar refractivity (Wildman–Crippen MR) is 91.7 cm³/mol. The van der Waals surface area contributed by atoms with Crippen molar-refractivity contribution >= 4 is 17.6 Å². The van der Waals surface area contributed by atoms with Crippen LogP contribution in [0, 0.1) is 5.92 Å². The summed E-state index contributed by atoms with van der Waals surface area (Å²) in [5, 5.41) is 0. The minimum atomic E-state index is -0.301. The lowest BCUT2D eigenvalue weighted by molar-refractivity contribution is -0.134.